The summed E-state index contributed by atoms with van der Waals surface area (Å²) in [5.74, 6) is -0.171. The molecule has 1 fully saturated rings. The summed E-state index contributed by atoms with van der Waals surface area (Å²) in [6.07, 6.45) is 0.694. The lowest BCUT2D eigenvalue weighted by molar-refractivity contribution is -0.138. The Morgan fingerprint density at radius 3 is 2.67 bits per heavy atom. The van der Waals surface area contributed by atoms with Crippen LogP contribution in [0.15, 0.2) is 24.3 Å². The lowest BCUT2D eigenvalue weighted by Crippen LogP contribution is -2.42. The molecule has 0 bridgehead atoms. The fourth-order valence-electron chi connectivity index (χ4n) is 2.69. The Labute approximate surface area is 105 Å². The van der Waals surface area contributed by atoms with Crippen LogP contribution in [0.25, 0.3) is 0 Å². The van der Waals surface area contributed by atoms with Crippen LogP contribution in [-0.4, -0.2) is 22.9 Å². The normalized spacial score (nSPS) is 26.6. The molecule has 4 heteroatoms. The largest absolute Gasteiger partial charge is 0.390 e. The van der Waals surface area contributed by atoms with Crippen molar-refractivity contribution in [1.29, 1.82) is 0 Å². The van der Waals surface area contributed by atoms with E-state index in [1.807, 2.05) is 24.3 Å². The molecule has 1 aromatic rings. The first-order valence-corrected chi connectivity index (χ1v) is 6.23. The predicted octanol–water partition coefficient (Wildman–Crippen LogP) is 0.740. The van der Waals surface area contributed by atoms with Crippen LogP contribution >= 0.6 is 0 Å². The van der Waals surface area contributed by atoms with Crippen LogP contribution in [-0.2, 0) is 16.0 Å². The summed E-state index contributed by atoms with van der Waals surface area (Å²) >= 11 is 0. The smallest absolute Gasteiger partial charge is 0.224 e. The van der Waals surface area contributed by atoms with Gasteiger partial charge in [0, 0.05) is 19.3 Å². The summed E-state index contributed by atoms with van der Waals surface area (Å²) in [5, 5.41) is 12.9. The fourth-order valence-corrected chi connectivity index (χ4v) is 2.69. The Hall–Kier alpha value is -1.68. The number of aliphatic hydroxyl groups excluding tert-OH is 1. The molecule has 0 aromatic heterocycles. The van der Waals surface area contributed by atoms with Crippen molar-refractivity contribution in [2.75, 3.05) is 0 Å². The zero-order chi connectivity index (χ0) is 12.7. The molecule has 1 saturated carbocycles. The monoisotopic (exact) mass is 245 g/mol. The number of fused-ring (bicyclic) bond motifs is 1. The Kier molecular flexibility index (Phi) is 2.67. The lowest BCUT2D eigenvalue weighted by Gasteiger charge is -2.26. The number of carbonyl (C=O) groups is 2. The molecule has 2 unspecified atom stereocenters. The predicted molar refractivity (Wildman–Crippen MR) is 64.8 cm³/mol. The molecule has 2 atom stereocenters. The molecule has 0 aliphatic heterocycles. The topological polar surface area (TPSA) is 66.4 Å². The number of ketones is 1. The first-order chi connectivity index (χ1) is 8.65. The number of hydrogen-bond acceptors (Lipinski definition) is 3. The quantitative estimate of drug-likeness (QED) is 0.807. The van der Waals surface area contributed by atoms with Gasteiger partial charge in [-0.05, 0) is 11.1 Å². The summed E-state index contributed by atoms with van der Waals surface area (Å²) in [7, 11) is 0. The van der Waals surface area contributed by atoms with E-state index in [0.29, 0.717) is 19.3 Å². The van der Waals surface area contributed by atoms with E-state index in [4.69, 9.17) is 0 Å². The minimum atomic E-state index is -0.567. The lowest BCUT2D eigenvalue weighted by atomic mass is 9.83. The average molecular weight is 245 g/mol. The number of amides is 1. The van der Waals surface area contributed by atoms with E-state index in [2.05, 4.69) is 5.32 Å². The van der Waals surface area contributed by atoms with Gasteiger partial charge in [-0.2, -0.15) is 0 Å². The van der Waals surface area contributed by atoms with Crippen LogP contribution in [0.1, 0.15) is 30.0 Å². The van der Waals surface area contributed by atoms with E-state index in [1.165, 1.54) is 0 Å². The molecule has 0 radical (unpaired) electrons. The number of carbonyl (C=O) groups excluding carboxylic acids is 2. The summed E-state index contributed by atoms with van der Waals surface area (Å²) < 4.78 is 0. The summed E-state index contributed by atoms with van der Waals surface area (Å²) in [4.78, 5) is 22.8. The second-order valence-electron chi connectivity index (χ2n) is 5.10. The molecule has 18 heavy (non-hydrogen) atoms. The second kappa shape index (κ2) is 4.21. The van der Waals surface area contributed by atoms with Gasteiger partial charge in [0.1, 0.15) is 5.78 Å². The van der Waals surface area contributed by atoms with Crippen molar-refractivity contribution in [2.45, 2.75) is 31.4 Å². The molecule has 0 spiro atoms. The van der Waals surface area contributed by atoms with Crippen molar-refractivity contribution in [3.05, 3.63) is 35.4 Å². The number of Topliss-reactive ketones (excluding diaryl/α,β-unsaturated/α-hetero) is 1. The van der Waals surface area contributed by atoms with Crippen LogP contribution in [0.4, 0.5) is 0 Å². The Morgan fingerprint density at radius 1 is 1.22 bits per heavy atom. The van der Waals surface area contributed by atoms with Crippen LogP contribution in [0, 0.1) is 5.92 Å². The minimum absolute atomic E-state index is 0.115. The van der Waals surface area contributed by atoms with Gasteiger partial charge in [-0.25, -0.2) is 0 Å². The Bertz CT molecular complexity index is 504. The standard InChI is InChI=1S/C14H15NO3/c16-10-5-9(6-10)14(18)15-13-11-4-2-1-3-8(11)7-12(13)17/h1-4,9,12-13,17H,5-7H2,(H,15,18). The zero-order valence-electron chi connectivity index (χ0n) is 9.93. The van der Waals surface area contributed by atoms with E-state index < -0.39 is 6.10 Å². The van der Waals surface area contributed by atoms with Crippen molar-refractivity contribution < 1.29 is 14.7 Å². The molecule has 0 saturated heterocycles. The van der Waals surface area contributed by atoms with Gasteiger partial charge in [0.2, 0.25) is 5.91 Å². The van der Waals surface area contributed by atoms with E-state index in [9.17, 15) is 14.7 Å². The molecule has 0 heterocycles. The molecule has 1 aromatic carbocycles. The number of nitrogens with one attached hydrogen (secondary N) is 1. The molecule has 94 valence electrons. The number of rotatable bonds is 2. The first-order valence-electron chi connectivity index (χ1n) is 6.23. The van der Waals surface area contributed by atoms with Gasteiger partial charge in [0.05, 0.1) is 18.1 Å². The van der Waals surface area contributed by atoms with Crippen molar-refractivity contribution in [1.82, 2.24) is 5.32 Å². The van der Waals surface area contributed by atoms with E-state index in [0.717, 1.165) is 11.1 Å². The highest BCUT2D eigenvalue weighted by Crippen LogP contribution is 2.32. The number of aliphatic hydroxyl groups is 1. The van der Waals surface area contributed by atoms with Crippen LogP contribution < -0.4 is 5.32 Å². The molecular formula is C14H15NO3. The fraction of sp³-hybridized carbons (Fsp3) is 0.429. The number of benzene rings is 1. The summed E-state index contributed by atoms with van der Waals surface area (Å²) in [6.45, 7) is 0. The third kappa shape index (κ3) is 1.82. The summed E-state index contributed by atoms with van der Waals surface area (Å²) in [5.41, 5.74) is 2.07. The first kappa shape index (κ1) is 11.4. The zero-order valence-corrected chi connectivity index (χ0v) is 9.93. The minimum Gasteiger partial charge on any atom is -0.390 e. The molecule has 3 rings (SSSR count). The maximum atomic E-state index is 11.9. The second-order valence-corrected chi connectivity index (χ2v) is 5.10. The molecule has 2 N–H and O–H groups in total. The van der Waals surface area contributed by atoms with E-state index in [1.54, 1.807) is 0 Å². The van der Waals surface area contributed by atoms with Crippen molar-refractivity contribution >= 4 is 11.7 Å². The van der Waals surface area contributed by atoms with Gasteiger partial charge >= 0.3 is 0 Å². The highest BCUT2D eigenvalue weighted by molar-refractivity contribution is 5.96. The van der Waals surface area contributed by atoms with Gasteiger partial charge in [-0.3, -0.25) is 9.59 Å². The maximum Gasteiger partial charge on any atom is 0.224 e. The van der Waals surface area contributed by atoms with E-state index >= 15 is 0 Å². The molecule has 1 amide bonds. The van der Waals surface area contributed by atoms with Gasteiger partial charge < -0.3 is 10.4 Å². The highest BCUT2D eigenvalue weighted by atomic mass is 16.3. The van der Waals surface area contributed by atoms with Crippen LogP contribution in [0.2, 0.25) is 0 Å². The van der Waals surface area contributed by atoms with Crippen LogP contribution in [0.3, 0.4) is 0 Å². The Balaban J connectivity index is 1.73. The molecular weight excluding hydrogens is 230 g/mol. The van der Waals surface area contributed by atoms with E-state index in [-0.39, 0.29) is 23.7 Å². The average Bonchev–Trinajstić information content (AvgIpc) is 2.62. The van der Waals surface area contributed by atoms with Gasteiger partial charge in [-0.1, -0.05) is 24.3 Å². The van der Waals surface area contributed by atoms with Crippen molar-refractivity contribution in [3.63, 3.8) is 0 Å². The molecule has 2 aliphatic rings. The SMILES string of the molecule is O=C1CC(C(=O)NC2c3ccccc3CC2O)C1. The number of hydrogen-bond donors (Lipinski definition) is 2. The molecule has 4 nitrogen and oxygen atoms in total. The van der Waals surface area contributed by atoms with Crippen molar-refractivity contribution in [3.8, 4) is 0 Å². The van der Waals surface area contributed by atoms with Gasteiger partial charge in [-0.15, -0.1) is 0 Å². The van der Waals surface area contributed by atoms with Crippen molar-refractivity contribution in [2.24, 2.45) is 5.92 Å². The third-order valence-electron chi connectivity index (χ3n) is 3.82. The van der Waals surface area contributed by atoms with Gasteiger partial charge in [0.15, 0.2) is 0 Å². The van der Waals surface area contributed by atoms with Gasteiger partial charge in [0.25, 0.3) is 0 Å². The Morgan fingerprint density at radius 2 is 1.94 bits per heavy atom. The summed E-state index contributed by atoms with van der Waals surface area (Å²) in [6, 6.07) is 7.41. The third-order valence-corrected chi connectivity index (χ3v) is 3.82. The maximum absolute atomic E-state index is 11.9. The molecule has 2 aliphatic carbocycles. The highest BCUT2D eigenvalue weighted by Gasteiger charge is 2.37. The van der Waals surface area contributed by atoms with Crippen LogP contribution in [0.5, 0.6) is 0 Å².